The predicted molar refractivity (Wildman–Crippen MR) is 119 cm³/mol. The van der Waals surface area contributed by atoms with Gasteiger partial charge in [0.15, 0.2) is 0 Å². The Kier molecular flexibility index (Phi) is 7.44. The quantitative estimate of drug-likeness (QED) is 0.135. The second-order valence-electron chi connectivity index (χ2n) is 7.55. The predicted octanol–water partition coefficient (Wildman–Crippen LogP) is 3.80. The van der Waals surface area contributed by atoms with Crippen molar-refractivity contribution in [1.29, 1.82) is 0 Å². The first-order valence-corrected chi connectivity index (χ1v) is 10.3. The van der Waals surface area contributed by atoms with Gasteiger partial charge in [-0.05, 0) is 36.2 Å². The van der Waals surface area contributed by atoms with Crippen molar-refractivity contribution in [3.05, 3.63) is 80.2 Å². The van der Waals surface area contributed by atoms with E-state index < -0.39 is 34.0 Å². The second-order valence-corrected chi connectivity index (χ2v) is 7.55. The first kappa shape index (κ1) is 24.2. The van der Waals surface area contributed by atoms with E-state index in [4.69, 9.17) is 10.3 Å². The number of rotatable bonds is 9. The lowest BCUT2D eigenvalue weighted by Gasteiger charge is -2.37. The molecule has 0 N–H and O–H groups in total. The highest BCUT2D eigenvalue weighted by atomic mass is 16.6. The number of azide groups is 1. The molecule has 2 aromatic rings. The standard InChI is InChI=1S/C22H21N5O7/c1-33-20(29)16-7-8-17(18(13-16)27(31)32)26-19(28)9-10-22(26,14-24-25-23)11-12-34-21(30)15-5-3-2-4-6-15/h2-8,13H,9-12,14H2,1H3. The molecule has 0 aromatic heterocycles. The van der Waals surface area contributed by atoms with Crippen molar-refractivity contribution < 1.29 is 28.8 Å². The third-order valence-electron chi connectivity index (χ3n) is 5.60. The van der Waals surface area contributed by atoms with Crippen LogP contribution in [0.5, 0.6) is 0 Å². The van der Waals surface area contributed by atoms with E-state index in [0.29, 0.717) is 5.56 Å². The fourth-order valence-electron chi connectivity index (χ4n) is 3.94. The maximum Gasteiger partial charge on any atom is 0.338 e. The van der Waals surface area contributed by atoms with Crippen molar-refractivity contribution in [2.24, 2.45) is 5.11 Å². The molecule has 0 radical (unpaired) electrons. The van der Waals surface area contributed by atoms with Gasteiger partial charge >= 0.3 is 11.9 Å². The van der Waals surface area contributed by atoms with E-state index in [1.165, 1.54) is 17.0 Å². The Morgan fingerprint density at radius 2 is 1.94 bits per heavy atom. The van der Waals surface area contributed by atoms with E-state index in [1.807, 2.05) is 0 Å². The number of hydrogen-bond donors (Lipinski definition) is 0. The molecule has 12 nitrogen and oxygen atoms in total. The van der Waals surface area contributed by atoms with Crippen LogP contribution in [-0.2, 0) is 14.3 Å². The van der Waals surface area contributed by atoms with Crippen molar-refractivity contribution in [2.45, 2.75) is 24.8 Å². The van der Waals surface area contributed by atoms with E-state index in [0.717, 1.165) is 13.2 Å². The van der Waals surface area contributed by atoms with E-state index >= 15 is 0 Å². The van der Waals surface area contributed by atoms with Crippen LogP contribution in [0.25, 0.3) is 10.4 Å². The molecule has 1 unspecified atom stereocenters. The summed E-state index contributed by atoms with van der Waals surface area (Å²) < 4.78 is 9.97. The van der Waals surface area contributed by atoms with Gasteiger partial charge in [-0.3, -0.25) is 19.8 Å². The monoisotopic (exact) mass is 467 g/mol. The van der Waals surface area contributed by atoms with Gasteiger partial charge in [-0.1, -0.05) is 23.3 Å². The Hall–Kier alpha value is -4.44. The lowest BCUT2D eigenvalue weighted by molar-refractivity contribution is -0.384. The molecule has 0 spiro atoms. The number of esters is 2. The van der Waals surface area contributed by atoms with Crippen LogP contribution in [0.15, 0.2) is 53.6 Å². The maximum atomic E-state index is 12.9. The topological polar surface area (TPSA) is 165 Å². The molecular formula is C22H21N5O7. The molecule has 2 aromatic carbocycles. The average Bonchev–Trinajstić information content (AvgIpc) is 3.18. The number of hydrogen-bond acceptors (Lipinski definition) is 8. The summed E-state index contributed by atoms with van der Waals surface area (Å²) in [5.74, 6) is -1.75. The number of methoxy groups -OCH3 is 1. The molecule has 1 fully saturated rings. The first-order valence-electron chi connectivity index (χ1n) is 10.3. The summed E-state index contributed by atoms with van der Waals surface area (Å²) in [6.07, 6.45) is 0.347. The minimum absolute atomic E-state index is 0.0451. The molecule has 0 saturated carbocycles. The number of nitro benzene ring substituents is 1. The van der Waals surface area contributed by atoms with Crippen molar-refractivity contribution in [3.63, 3.8) is 0 Å². The molecule has 12 heteroatoms. The molecule has 1 amide bonds. The van der Waals surface area contributed by atoms with Gasteiger partial charge in [0.1, 0.15) is 5.69 Å². The molecule has 1 saturated heterocycles. The molecule has 1 aliphatic rings. The van der Waals surface area contributed by atoms with Crippen LogP contribution >= 0.6 is 0 Å². The normalized spacial score (nSPS) is 17.1. The zero-order chi connectivity index (χ0) is 24.7. The fourth-order valence-corrected chi connectivity index (χ4v) is 3.94. The highest BCUT2D eigenvalue weighted by Crippen LogP contribution is 2.42. The number of anilines is 1. The molecule has 1 heterocycles. The van der Waals surface area contributed by atoms with Crippen LogP contribution in [0.4, 0.5) is 11.4 Å². The van der Waals surface area contributed by atoms with Gasteiger partial charge in [0.25, 0.3) is 5.69 Å². The van der Waals surface area contributed by atoms with Gasteiger partial charge in [0.2, 0.25) is 5.91 Å². The van der Waals surface area contributed by atoms with Gasteiger partial charge in [0, 0.05) is 30.4 Å². The zero-order valence-corrected chi connectivity index (χ0v) is 18.2. The molecule has 1 atom stereocenters. The molecule has 176 valence electrons. The van der Waals surface area contributed by atoms with Gasteiger partial charge in [0.05, 0.1) is 35.3 Å². The van der Waals surface area contributed by atoms with E-state index in [9.17, 15) is 24.5 Å². The number of nitro groups is 1. The lowest BCUT2D eigenvalue weighted by atomic mass is 9.91. The van der Waals surface area contributed by atoms with Crippen LogP contribution in [0.2, 0.25) is 0 Å². The summed E-state index contributed by atoms with van der Waals surface area (Å²) >= 11 is 0. The summed E-state index contributed by atoms with van der Waals surface area (Å²) in [5.41, 5.74) is 7.51. The van der Waals surface area contributed by atoms with Crippen LogP contribution < -0.4 is 4.90 Å². The van der Waals surface area contributed by atoms with Gasteiger partial charge in [-0.2, -0.15) is 0 Å². The summed E-state index contributed by atoms with van der Waals surface area (Å²) in [7, 11) is 1.15. The number of nitrogens with zero attached hydrogens (tertiary/aromatic N) is 5. The molecule has 3 rings (SSSR count). The van der Waals surface area contributed by atoms with Gasteiger partial charge in [-0.25, -0.2) is 9.59 Å². The minimum atomic E-state index is -1.15. The van der Waals surface area contributed by atoms with Crippen molar-refractivity contribution in [3.8, 4) is 0 Å². The fraction of sp³-hybridized carbons (Fsp3) is 0.318. The second kappa shape index (κ2) is 10.5. The van der Waals surface area contributed by atoms with Crippen molar-refractivity contribution in [1.82, 2.24) is 0 Å². The largest absolute Gasteiger partial charge is 0.465 e. The molecular weight excluding hydrogens is 446 g/mol. The number of carbonyl (C=O) groups excluding carboxylic acids is 3. The summed E-state index contributed by atoms with van der Waals surface area (Å²) in [4.78, 5) is 52.1. The Morgan fingerprint density at radius 1 is 1.21 bits per heavy atom. The number of amides is 1. The average molecular weight is 467 g/mol. The maximum absolute atomic E-state index is 12.9. The van der Waals surface area contributed by atoms with E-state index in [2.05, 4.69) is 14.8 Å². The summed E-state index contributed by atoms with van der Waals surface area (Å²) in [6, 6.07) is 11.9. The summed E-state index contributed by atoms with van der Waals surface area (Å²) in [5, 5.41) is 15.4. The molecule has 0 bridgehead atoms. The van der Waals surface area contributed by atoms with Gasteiger partial charge < -0.3 is 9.47 Å². The van der Waals surface area contributed by atoms with Crippen LogP contribution in [0, 0.1) is 10.1 Å². The zero-order valence-electron chi connectivity index (χ0n) is 18.2. The van der Waals surface area contributed by atoms with Gasteiger partial charge in [-0.15, -0.1) is 0 Å². The lowest BCUT2D eigenvalue weighted by Crippen LogP contribution is -2.49. The Morgan fingerprint density at radius 3 is 2.59 bits per heavy atom. The SMILES string of the molecule is COC(=O)c1ccc(N2C(=O)CCC2(CCOC(=O)c2ccccc2)CN=[N+]=[N-])c([N+](=O)[O-])c1. The van der Waals surface area contributed by atoms with E-state index in [1.54, 1.807) is 30.3 Å². The third kappa shape index (κ3) is 4.97. The molecule has 0 aliphatic carbocycles. The highest BCUT2D eigenvalue weighted by Gasteiger charge is 2.47. The molecule has 34 heavy (non-hydrogen) atoms. The molecule has 1 aliphatic heterocycles. The van der Waals surface area contributed by atoms with E-state index in [-0.39, 0.29) is 43.7 Å². The number of benzene rings is 2. The van der Waals surface area contributed by atoms with Crippen molar-refractivity contribution >= 4 is 29.2 Å². The first-order chi connectivity index (χ1) is 16.3. The van der Waals surface area contributed by atoms with Crippen LogP contribution in [0.1, 0.15) is 40.0 Å². The smallest absolute Gasteiger partial charge is 0.338 e. The minimum Gasteiger partial charge on any atom is -0.465 e. The Bertz CT molecular complexity index is 1160. The number of carbonyl (C=O) groups is 3. The third-order valence-corrected chi connectivity index (χ3v) is 5.60. The Balaban J connectivity index is 1.94. The summed E-state index contributed by atoms with van der Waals surface area (Å²) in [6.45, 7) is -0.305. The van der Waals surface area contributed by atoms with Crippen LogP contribution in [-0.4, -0.2) is 48.6 Å². The number of ether oxygens (including phenoxy) is 2. The van der Waals surface area contributed by atoms with Crippen LogP contribution in [0.3, 0.4) is 0 Å². The van der Waals surface area contributed by atoms with Crippen molar-refractivity contribution in [2.75, 3.05) is 25.2 Å². The Labute approximate surface area is 193 Å². The highest BCUT2D eigenvalue weighted by molar-refractivity contribution is 6.01.